The minimum Gasteiger partial charge on any atom is -0.449 e. The van der Waals surface area contributed by atoms with E-state index in [-0.39, 0.29) is 46.5 Å². The topological polar surface area (TPSA) is 102 Å². The molecule has 178 valence electrons. The number of morpholine rings is 1. The number of nitrogens with one attached hydrogen (secondary N) is 1. The molecule has 2 aromatic carbocycles. The molecule has 3 atom stereocenters. The zero-order valence-corrected chi connectivity index (χ0v) is 19.8. The van der Waals surface area contributed by atoms with Crippen molar-refractivity contribution in [3.63, 3.8) is 0 Å². The Morgan fingerprint density at radius 2 is 1.85 bits per heavy atom. The van der Waals surface area contributed by atoms with Gasteiger partial charge in [-0.1, -0.05) is 17.7 Å². The Bertz CT molecular complexity index is 1150. The van der Waals surface area contributed by atoms with Gasteiger partial charge in [-0.25, -0.2) is 17.6 Å². The molecule has 2 aromatic rings. The maximum atomic E-state index is 13.2. The number of sulfonamides is 1. The lowest BCUT2D eigenvalue weighted by Crippen LogP contribution is -2.48. The normalized spacial score (nSPS) is 20.2. The molecule has 1 aliphatic heterocycles. The molecule has 1 saturated heterocycles. The number of carbonyl (C=O) groups excluding carboxylic acids is 2. The van der Waals surface area contributed by atoms with Gasteiger partial charge >= 0.3 is 5.97 Å². The van der Waals surface area contributed by atoms with Crippen molar-refractivity contribution in [3.8, 4) is 0 Å². The number of amides is 1. The van der Waals surface area contributed by atoms with Gasteiger partial charge in [0.2, 0.25) is 10.0 Å². The van der Waals surface area contributed by atoms with Gasteiger partial charge in [0, 0.05) is 13.1 Å². The van der Waals surface area contributed by atoms with E-state index in [9.17, 15) is 22.4 Å². The second-order valence-electron chi connectivity index (χ2n) is 7.77. The highest BCUT2D eigenvalue weighted by Gasteiger charge is 2.32. The lowest BCUT2D eigenvalue weighted by Gasteiger charge is -2.34. The number of anilines is 1. The van der Waals surface area contributed by atoms with Crippen LogP contribution in [0.3, 0.4) is 0 Å². The summed E-state index contributed by atoms with van der Waals surface area (Å²) in [5, 5.41) is 2.44. The lowest BCUT2D eigenvalue weighted by atomic mass is 10.2. The van der Waals surface area contributed by atoms with Gasteiger partial charge in [0.1, 0.15) is 5.82 Å². The SMILES string of the molecule is CC1CN(S(=O)(=O)c2cccc(C(=O)OC(C)C(=O)Nc3ccc(F)cc3Cl)c2)CC(C)O1. The predicted octanol–water partition coefficient (Wildman–Crippen LogP) is 3.46. The zero-order chi connectivity index (χ0) is 24.3. The van der Waals surface area contributed by atoms with Crippen molar-refractivity contribution in [2.45, 2.75) is 44.0 Å². The quantitative estimate of drug-likeness (QED) is 0.612. The number of ether oxygens (including phenoxy) is 2. The molecule has 0 saturated carbocycles. The van der Waals surface area contributed by atoms with E-state index in [1.54, 1.807) is 13.8 Å². The largest absolute Gasteiger partial charge is 0.449 e. The Hall–Kier alpha value is -2.53. The highest BCUT2D eigenvalue weighted by atomic mass is 35.5. The molecule has 0 radical (unpaired) electrons. The van der Waals surface area contributed by atoms with Crippen LogP contribution in [-0.4, -0.2) is 56.0 Å². The second-order valence-corrected chi connectivity index (χ2v) is 10.1. The first kappa shape index (κ1) is 25.1. The van der Waals surface area contributed by atoms with E-state index in [1.165, 1.54) is 41.6 Å². The fourth-order valence-electron chi connectivity index (χ4n) is 3.37. The minimum absolute atomic E-state index is 0.00784. The molecule has 3 unspecified atom stereocenters. The Balaban J connectivity index is 1.70. The van der Waals surface area contributed by atoms with Gasteiger partial charge < -0.3 is 14.8 Å². The first-order valence-corrected chi connectivity index (χ1v) is 12.0. The van der Waals surface area contributed by atoms with Gasteiger partial charge in [0.15, 0.2) is 6.10 Å². The average Bonchev–Trinajstić information content (AvgIpc) is 2.75. The molecule has 1 N–H and O–H groups in total. The smallest absolute Gasteiger partial charge is 0.338 e. The number of nitrogens with zero attached hydrogens (tertiary/aromatic N) is 1. The molecule has 0 bridgehead atoms. The van der Waals surface area contributed by atoms with E-state index < -0.39 is 33.8 Å². The van der Waals surface area contributed by atoms with E-state index in [0.29, 0.717) is 0 Å². The molecule has 1 fully saturated rings. The Labute approximate surface area is 196 Å². The third-order valence-corrected chi connectivity index (χ3v) is 7.08. The molecule has 8 nitrogen and oxygen atoms in total. The van der Waals surface area contributed by atoms with Crippen molar-refractivity contribution in [2.75, 3.05) is 18.4 Å². The molecular weight excluding hydrogens is 475 g/mol. The standard InChI is InChI=1S/C22H24ClFN2O6S/c1-13-11-26(12-14(2)31-13)33(29,30)18-6-4-5-16(9-18)22(28)32-15(3)21(27)25-20-8-7-17(24)10-19(20)23/h4-10,13-15H,11-12H2,1-3H3,(H,25,27). The van der Waals surface area contributed by atoms with E-state index in [1.807, 2.05) is 0 Å². The van der Waals surface area contributed by atoms with Gasteiger partial charge in [-0.2, -0.15) is 4.31 Å². The summed E-state index contributed by atoms with van der Waals surface area (Å²) in [5.74, 6) is -2.12. The summed E-state index contributed by atoms with van der Waals surface area (Å²) in [7, 11) is -3.86. The van der Waals surface area contributed by atoms with E-state index in [2.05, 4.69) is 5.32 Å². The summed E-state index contributed by atoms with van der Waals surface area (Å²) in [6.45, 7) is 5.33. The summed E-state index contributed by atoms with van der Waals surface area (Å²) >= 11 is 5.89. The highest BCUT2D eigenvalue weighted by Crippen LogP contribution is 2.24. The molecular formula is C22H24ClFN2O6S. The van der Waals surface area contributed by atoms with Crippen LogP contribution in [0.15, 0.2) is 47.4 Å². The lowest BCUT2D eigenvalue weighted by molar-refractivity contribution is -0.123. The maximum absolute atomic E-state index is 13.2. The molecule has 11 heteroatoms. The van der Waals surface area contributed by atoms with E-state index in [4.69, 9.17) is 21.1 Å². The Kier molecular flexibility index (Phi) is 7.73. The van der Waals surface area contributed by atoms with Crippen molar-refractivity contribution < 1.29 is 31.9 Å². The summed E-state index contributed by atoms with van der Waals surface area (Å²) in [6, 6.07) is 8.88. The molecule has 1 aliphatic rings. The summed E-state index contributed by atoms with van der Waals surface area (Å²) in [5.41, 5.74) is 0.137. The van der Waals surface area contributed by atoms with Gasteiger partial charge in [-0.3, -0.25) is 4.79 Å². The van der Waals surface area contributed by atoms with Crippen LogP contribution in [0.5, 0.6) is 0 Å². The average molecular weight is 499 g/mol. The molecule has 1 amide bonds. The highest BCUT2D eigenvalue weighted by molar-refractivity contribution is 7.89. The van der Waals surface area contributed by atoms with Crippen molar-refractivity contribution in [1.82, 2.24) is 4.31 Å². The first-order valence-electron chi connectivity index (χ1n) is 10.2. The summed E-state index contributed by atoms with van der Waals surface area (Å²) in [6.07, 6.45) is -1.74. The number of benzene rings is 2. The van der Waals surface area contributed by atoms with Crippen LogP contribution in [0.1, 0.15) is 31.1 Å². The molecule has 0 aliphatic carbocycles. The number of carbonyl (C=O) groups is 2. The van der Waals surface area contributed by atoms with Crippen LogP contribution in [0.2, 0.25) is 5.02 Å². The van der Waals surface area contributed by atoms with Crippen LogP contribution in [0.25, 0.3) is 0 Å². The van der Waals surface area contributed by atoms with Crippen molar-refractivity contribution in [1.29, 1.82) is 0 Å². The predicted molar refractivity (Wildman–Crippen MR) is 120 cm³/mol. The number of hydrogen-bond acceptors (Lipinski definition) is 6. The Morgan fingerprint density at radius 3 is 2.48 bits per heavy atom. The van der Waals surface area contributed by atoms with Crippen LogP contribution in [0, 0.1) is 5.82 Å². The fraction of sp³-hybridized carbons (Fsp3) is 0.364. The number of esters is 1. The van der Waals surface area contributed by atoms with Gasteiger partial charge in [-0.15, -0.1) is 0 Å². The molecule has 3 rings (SSSR count). The maximum Gasteiger partial charge on any atom is 0.338 e. The monoisotopic (exact) mass is 498 g/mol. The third kappa shape index (κ3) is 6.08. The zero-order valence-electron chi connectivity index (χ0n) is 18.2. The van der Waals surface area contributed by atoms with Crippen molar-refractivity contribution >= 4 is 39.2 Å². The van der Waals surface area contributed by atoms with Crippen LogP contribution in [0.4, 0.5) is 10.1 Å². The molecule has 0 aromatic heterocycles. The number of rotatable bonds is 6. The molecule has 0 spiro atoms. The number of halogens is 2. The minimum atomic E-state index is -3.86. The van der Waals surface area contributed by atoms with E-state index >= 15 is 0 Å². The van der Waals surface area contributed by atoms with Crippen molar-refractivity contribution in [3.05, 3.63) is 58.9 Å². The second kappa shape index (κ2) is 10.2. The van der Waals surface area contributed by atoms with Gasteiger partial charge in [-0.05, 0) is 57.2 Å². The van der Waals surface area contributed by atoms with Crippen molar-refractivity contribution in [2.24, 2.45) is 0 Å². The fourth-order valence-corrected chi connectivity index (χ4v) is 5.22. The molecule has 1 heterocycles. The Morgan fingerprint density at radius 1 is 1.18 bits per heavy atom. The van der Waals surface area contributed by atoms with E-state index in [0.717, 1.165) is 12.1 Å². The third-order valence-electron chi connectivity index (χ3n) is 4.94. The summed E-state index contributed by atoms with van der Waals surface area (Å²) in [4.78, 5) is 24.9. The van der Waals surface area contributed by atoms with Gasteiger partial charge in [0.25, 0.3) is 5.91 Å². The number of hydrogen-bond donors (Lipinski definition) is 1. The van der Waals surface area contributed by atoms with Gasteiger partial charge in [0.05, 0.1) is 33.4 Å². The van der Waals surface area contributed by atoms with Crippen LogP contribution in [-0.2, 0) is 24.3 Å². The van der Waals surface area contributed by atoms with Crippen LogP contribution < -0.4 is 5.32 Å². The van der Waals surface area contributed by atoms with Crippen LogP contribution >= 0.6 is 11.6 Å². The summed E-state index contributed by atoms with van der Waals surface area (Å²) < 4.78 is 51.4. The first-order chi connectivity index (χ1) is 15.5. The molecule has 33 heavy (non-hydrogen) atoms.